The molecule has 1 aliphatic rings. The van der Waals surface area contributed by atoms with Crippen LogP contribution in [0.4, 0.5) is 4.39 Å². The Morgan fingerprint density at radius 2 is 1.89 bits per heavy atom. The van der Waals surface area contributed by atoms with Crippen LogP contribution in [-0.4, -0.2) is 39.3 Å². The Hall–Kier alpha value is -4.00. The molecule has 1 fully saturated rings. The highest BCUT2D eigenvalue weighted by Gasteiger charge is 2.46. The van der Waals surface area contributed by atoms with Crippen molar-refractivity contribution in [3.05, 3.63) is 101 Å². The standard InChI is InChI=1S/C28H27FN2O4/c1-17(2)35-23-11-8-20(15-18(23)3)26(32)24-25(21-5-4-13-30-16-21)31(28(34)27(24)33)14-12-19-6-9-22(29)10-7-19/h4-11,13,15-17,25,32H,12,14H2,1-3H3/b26-24-. The maximum atomic E-state index is 13.3. The lowest BCUT2D eigenvalue weighted by atomic mass is 9.95. The molecule has 0 saturated carbocycles. The normalized spacial score (nSPS) is 17.3. The molecule has 1 amide bonds. The predicted molar refractivity (Wildman–Crippen MR) is 130 cm³/mol. The van der Waals surface area contributed by atoms with E-state index in [4.69, 9.17) is 4.74 Å². The average molecular weight is 475 g/mol. The zero-order chi connectivity index (χ0) is 25.1. The quantitative estimate of drug-likeness (QED) is 0.297. The largest absolute Gasteiger partial charge is 0.507 e. The van der Waals surface area contributed by atoms with Crippen LogP contribution >= 0.6 is 0 Å². The van der Waals surface area contributed by atoms with E-state index < -0.39 is 17.7 Å². The van der Waals surface area contributed by atoms with Crippen LogP contribution in [0.3, 0.4) is 0 Å². The molecule has 2 aromatic carbocycles. The van der Waals surface area contributed by atoms with Crippen LogP contribution in [0, 0.1) is 12.7 Å². The van der Waals surface area contributed by atoms with Crippen molar-refractivity contribution in [2.45, 2.75) is 39.3 Å². The second-order valence-corrected chi connectivity index (χ2v) is 8.80. The molecule has 180 valence electrons. The van der Waals surface area contributed by atoms with E-state index in [1.54, 1.807) is 54.9 Å². The third kappa shape index (κ3) is 5.09. The van der Waals surface area contributed by atoms with Crippen LogP contribution < -0.4 is 4.74 Å². The lowest BCUT2D eigenvalue weighted by Crippen LogP contribution is -2.31. The summed E-state index contributed by atoms with van der Waals surface area (Å²) in [6.07, 6.45) is 3.60. The van der Waals surface area contributed by atoms with Crippen molar-refractivity contribution in [1.29, 1.82) is 0 Å². The third-order valence-electron chi connectivity index (χ3n) is 5.91. The van der Waals surface area contributed by atoms with Gasteiger partial charge in [0.1, 0.15) is 17.3 Å². The van der Waals surface area contributed by atoms with Gasteiger partial charge in [-0.2, -0.15) is 0 Å². The van der Waals surface area contributed by atoms with Crippen molar-refractivity contribution in [3.63, 3.8) is 0 Å². The number of carbonyl (C=O) groups excluding carboxylic acids is 2. The number of aliphatic hydroxyl groups is 1. The molecule has 1 aromatic heterocycles. The number of hydrogen-bond acceptors (Lipinski definition) is 5. The van der Waals surface area contributed by atoms with Crippen molar-refractivity contribution < 1.29 is 23.8 Å². The van der Waals surface area contributed by atoms with Gasteiger partial charge in [0, 0.05) is 24.5 Å². The monoisotopic (exact) mass is 474 g/mol. The second kappa shape index (κ2) is 10.1. The summed E-state index contributed by atoms with van der Waals surface area (Å²) in [5.41, 5.74) is 2.67. The first-order valence-electron chi connectivity index (χ1n) is 11.5. The number of amides is 1. The fourth-order valence-electron chi connectivity index (χ4n) is 4.23. The van der Waals surface area contributed by atoms with Crippen molar-refractivity contribution in [2.75, 3.05) is 6.54 Å². The highest BCUT2D eigenvalue weighted by Crippen LogP contribution is 2.39. The lowest BCUT2D eigenvalue weighted by Gasteiger charge is -2.25. The smallest absolute Gasteiger partial charge is 0.295 e. The Morgan fingerprint density at radius 3 is 2.51 bits per heavy atom. The van der Waals surface area contributed by atoms with Gasteiger partial charge in [0.25, 0.3) is 11.7 Å². The first kappa shape index (κ1) is 24.1. The third-order valence-corrected chi connectivity index (χ3v) is 5.91. The van der Waals surface area contributed by atoms with Gasteiger partial charge in [0.2, 0.25) is 0 Å². The Balaban J connectivity index is 1.74. The van der Waals surface area contributed by atoms with Gasteiger partial charge in [-0.25, -0.2) is 4.39 Å². The molecule has 3 aromatic rings. The molecular weight excluding hydrogens is 447 g/mol. The SMILES string of the molecule is Cc1cc(/C(O)=C2/C(=O)C(=O)N(CCc3ccc(F)cc3)C2c2cccnc2)ccc1OC(C)C. The number of ether oxygens (including phenoxy) is 1. The zero-order valence-electron chi connectivity index (χ0n) is 19.9. The number of aromatic nitrogens is 1. The van der Waals surface area contributed by atoms with E-state index in [2.05, 4.69) is 4.98 Å². The zero-order valence-corrected chi connectivity index (χ0v) is 19.9. The molecule has 1 saturated heterocycles. The summed E-state index contributed by atoms with van der Waals surface area (Å²) in [6.45, 7) is 5.92. The Labute approximate surface area is 203 Å². The number of ketones is 1. The Morgan fingerprint density at radius 1 is 1.14 bits per heavy atom. The van der Waals surface area contributed by atoms with Crippen molar-refractivity contribution in [1.82, 2.24) is 9.88 Å². The van der Waals surface area contributed by atoms with Gasteiger partial charge in [0.05, 0.1) is 17.7 Å². The summed E-state index contributed by atoms with van der Waals surface area (Å²) in [5.74, 6) is -1.36. The molecule has 1 unspecified atom stereocenters. The predicted octanol–water partition coefficient (Wildman–Crippen LogP) is 4.98. The number of halogens is 1. The average Bonchev–Trinajstić information content (AvgIpc) is 3.09. The molecule has 1 N–H and O–H groups in total. The highest BCUT2D eigenvalue weighted by molar-refractivity contribution is 6.46. The van der Waals surface area contributed by atoms with Crippen LogP contribution in [0.25, 0.3) is 5.76 Å². The molecule has 6 nitrogen and oxygen atoms in total. The molecule has 0 aliphatic carbocycles. The number of benzene rings is 2. The van der Waals surface area contributed by atoms with Crippen LogP contribution in [0.1, 0.15) is 42.1 Å². The number of likely N-dealkylation sites (tertiary alicyclic amines) is 1. The van der Waals surface area contributed by atoms with E-state index in [1.807, 2.05) is 20.8 Å². The number of carbonyl (C=O) groups is 2. The van der Waals surface area contributed by atoms with E-state index >= 15 is 0 Å². The molecule has 0 spiro atoms. The van der Waals surface area contributed by atoms with Crippen molar-refractivity contribution in [3.8, 4) is 5.75 Å². The fraction of sp³-hybridized carbons (Fsp3) is 0.250. The number of nitrogens with zero attached hydrogens (tertiary/aromatic N) is 2. The maximum absolute atomic E-state index is 13.3. The summed E-state index contributed by atoms with van der Waals surface area (Å²) in [7, 11) is 0. The van der Waals surface area contributed by atoms with Crippen molar-refractivity contribution >= 4 is 17.4 Å². The Kier molecular flexibility index (Phi) is 6.96. The van der Waals surface area contributed by atoms with Gasteiger partial charge < -0.3 is 14.7 Å². The minimum Gasteiger partial charge on any atom is -0.507 e. The highest BCUT2D eigenvalue weighted by atomic mass is 19.1. The van der Waals surface area contributed by atoms with E-state index in [0.29, 0.717) is 23.3 Å². The summed E-state index contributed by atoms with van der Waals surface area (Å²) in [5, 5.41) is 11.2. The van der Waals surface area contributed by atoms with Gasteiger partial charge >= 0.3 is 0 Å². The fourth-order valence-corrected chi connectivity index (χ4v) is 4.23. The van der Waals surface area contributed by atoms with E-state index in [-0.39, 0.29) is 29.8 Å². The molecule has 0 bridgehead atoms. The molecule has 4 rings (SSSR count). The summed E-state index contributed by atoms with van der Waals surface area (Å²) < 4.78 is 19.1. The number of Topliss-reactive ketones (excluding diaryl/α,β-unsaturated/α-hetero) is 1. The van der Waals surface area contributed by atoms with Gasteiger partial charge in [-0.15, -0.1) is 0 Å². The Bertz CT molecular complexity index is 1270. The molecule has 1 aliphatic heterocycles. The van der Waals surface area contributed by atoms with Gasteiger partial charge in [-0.05, 0) is 80.3 Å². The molecule has 0 radical (unpaired) electrons. The van der Waals surface area contributed by atoms with E-state index in [0.717, 1.165) is 11.1 Å². The molecule has 1 atom stereocenters. The topological polar surface area (TPSA) is 79.7 Å². The number of aliphatic hydroxyl groups excluding tert-OH is 1. The second-order valence-electron chi connectivity index (χ2n) is 8.80. The van der Waals surface area contributed by atoms with Crippen LogP contribution in [0.15, 0.2) is 72.6 Å². The minimum absolute atomic E-state index is 0.00911. The van der Waals surface area contributed by atoms with Gasteiger partial charge in [0.15, 0.2) is 0 Å². The number of pyridine rings is 1. The number of aryl methyl sites for hydroxylation is 1. The van der Waals surface area contributed by atoms with E-state index in [1.165, 1.54) is 17.0 Å². The minimum atomic E-state index is -0.795. The maximum Gasteiger partial charge on any atom is 0.295 e. The van der Waals surface area contributed by atoms with Crippen LogP contribution in [0.5, 0.6) is 5.75 Å². The summed E-state index contributed by atoms with van der Waals surface area (Å²) in [4.78, 5) is 31.8. The molecule has 2 heterocycles. The van der Waals surface area contributed by atoms with E-state index in [9.17, 15) is 19.1 Å². The van der Waals surface area contributed by atoms with Crippen molar-refractivity contribution in [2.24, 2.45) is 0 Å². The van der Waals surface area contributed by atoms with Crippen LogP contribution in [-0.2, 0) is 16.0 Å². The number of rotatable bonds is 7. The molecule has 7 heteroatoms. The summed E-state index contributed by atoms with van der Waals surface area (Å²) in [6, 6.07) is 13.9. The van der Waals surface area contributed by atoms with Crippen LogP contribution in [0.2, 0.25) is 0 Å². The summed E-state index contributed by atoms with van der Waals surface area (Å²) >= 11 is 0. The lowest BCUT2D eigenvalue weighted by molar-refractivity contribution is -0.139. The van der Waals surface area contributed by atoms with Gasteiger partial charge in [-0.3, -0.25) is 14.6 Å². The molecular formula is C28H27FN2O4. The first-order valence-corrected chi connectivity index (χ1v) is 11.5. The van der Waals surface area contributed by atoms with Gasteiger partial charge in [-0.1, -0.05) is 18.2 Å². The number of hydrogen-bond donors (Lipinski definition) is 1. The molecule has 35 heavy (non-hydrogen) atoms. The first-order chi connectivity index (χ1) is 16.8.